The number of rotatable bonds is 4. The van der Waals surface area contributed by atoms with E-state index in [2.05, 4.69) is 17.9 Å². The highest BCUT2D eigenvalue weighted by molar-refractivity contribution is 5.44. The number of hydrogen-bond donors (Lipinski definition) is 1. The van der Waals surface area contributed by atoms with Crippen molar-refractivity contribution < 1.29 is 14.6 Å². The first-order valence-corrected chi connectivity index (χ1v) is 8.06. The van der Waals surface area contributed by atoms with Crippen LogP contribution >= 0.6 is 0 Å². The molecule has 0 saturated carbocycles. The Labute approximate surface area is 126 Å². The number of fused-ring (bicyclic) bond motifs is 1. The number of benzene rings is 1. The summed E-state index contributed by atoms with van der Waals surface area (Å²) in [5, 5.41) is 10.8. The van der Waals surface area contributed by atoms with Crippen LogP contribution in [0.3, 0.4) is 0 Å². The zero-order valence-corrected chi connectivity index (χ0v) is 12.8. The first-order chi connectivity index (χ1) is 10.3. The molecule has 1 aromatic carbocycles. The molecule has 1 aromatic rings. The SMILES string of the molecule is CCCN1CCOC(C(O)c2cccc3c2OCCC3)C1. The van der Waals surface area contributed by atoms with Crippen LogP contribution in [0.1, 0.15) is 37.0 Å². The average Bonchev–Trinajstić information content (AvgIpc) is 2.54. The highest BCUT2D eigenvalue weighted by atomic mass is 16.5. The lowest BCUT2D eigenvalue weighted by Gasteiger charge is -2.36. The van der Waals surface area contributed by atoms with E-state index >= 15 is 0 Å². The van der Waals surface area contributed by atoms with Crippen LogP contribution in [0.5, 0.6) is 5.75 Å². The van der Waals surface area contributed by atoms with E-state index in [4.69, 9.17) is 9.47 Å². The Bertz CT molecular complexity index is 475. The Morgan fingerprint density at radius 2 is 2.29 bits per heavy atom. The second-order valence-electron chi connectivity index (χ2n) is 5.94. The highest BCUT2D eigenvalue weighted by Crippen LogP contribution is 2.35. The summed E-state index contributed by atoms with van der Waals surface area (Å²) in [6.07, 6.45) is 2.44. The summed E-state index contributed by atoms with van der Waals surface area (Å²) in [6, 6.07) is 6.07. The number of hydrogen-bond acceptors (Lipinski definition) is 4. The van der Waals surface area contributed by atoms with Crippen LogP contribution in [0.25, 0.3) is 0 Å². The molecule has 1 saturated heterocycles. The summed E-state index contributed by atoms with van der Waals surface area (Å²) >= 11 is 0. The van der Waals surface area contributed by atoms with Crippen molar-refractivity contribution in [1.29, 1.82) is 0 Å². The lowest BCUT2D eigenvalue weighted by Crippen LogP contribution is -2.45. The van der Waals surface area contributed by atoms with Crippen molar-refractivity contribution in [1.82, 2.24) is 4.90 Å². The summed E-state index contributed by atoms with van der Waals surface area (Å²) in [5.74, 6) is 0.882. The smallest absolute Gasteiger partial charge is 0.128 e. The summed E-state index contributed by atoms with van der Waals surface area (Å²) in [4.78, 5) is 2.37. The molecule has 0 bridgehead atoms. The Morgan fingerprint density at radius 1 is 1.38 bits per heavy atom. The molecule has 2 heterocycles. The molecule has 1 fully saturated rings. The van der Waals surface area contributed by atoms with Crippen molar-refractivity contribution in [2.45, 2.75) is 38.4 Å². The highest BCUT2D eigenvalue weighted by Gasteiger charge is 2.30. The number of ether oxygens (including phenoxy) is 2. The van der Waals surface area contributed by atoms with E-state index in [-0.39, 0.29) is 6.10 Å². The molecule has 0 spiro atoms. The van der Waals surface area contributed by atoms with Gasteiger partial charge >= 0.3 is 0 Å². The van der Waals surface area contributed by atoms with Crippen LogP contribution in [0.4, 0.5) is 0 Å². The maximum absolute atomic E-state index is 10.8. The lowest BCUT2D eigenvalue weighted by molar-refractivity contribution is -0.0904. The molecular weight excluding hydrogens is 266 g/mol. The average molecular weight is 291 g/mol. The zero-order valence-electron chi connectivity index (χ0n) is 12.8. The predicted octanol–water partition coefficient (Wildman–Crippen LogP) is 2.16. The van der Waals surface area contributed by atoms with Crippen molar-refractivity contribution >= 4 is 0 Å². The third-order valence-electron chi connectivity index (χ3n) is 4.35. The van der Waals surface area contributed by atoms with Gasteiger partial charge in [-0.2, -0.15) is 0 Å². The van der Waals surface area contributed by atoms with Crippen LogP contribution in [0, 0.1) is 0 Å². The Morgan fingerprint density at radius 3 is 3.14 bits per heavy atom. The molecular formula is C17H25NO3. The van der Waals surface area contributed by atoms with E-state index in [0.717, 1.165) is 56.8 Å². The maximum Gasteiger partial charge on any atom is 0.128 e. The first kappa shape index (κ1) is 14.8. The molecule has 4 heteroatoms. The molecule has 2 atom stereocenters. The number of aliphatic hydroxyl groups excluding tert-OH is 1. The monoisotopic (exact) mass is 291 g/mol. The maximum atomic E-state index is 10.8. The molecule has 1 N–H and O–H groups in total. The normalized spacial score (nSPS) is 24.2. The molecule has 0 aromatic heterocycles. The van der Waals surface area contributed by atoms with Gasteiger partial charge in [-0.25, -0.2) is 0 Å². The van der Waals surface area contributed by atoms with Gasteiger partial charge in [0.25, 0.3) is 0 Å². The molecule has 116 valence electrons. The van der Waals surface area contributed by atoms with Crippen LogP contribution in [0.2, 0.25) is 0 Å². The molecule has 0 amide bonds. The van der Waals surface area contributed by atoms with Gasteiger partial charge in [0, 0.05) is 18.7 Å². The minimum absolute atomic E-state index is 0.165. The Balaban J connectivity index is 1.77. The number of morpholine rings is 1. The molecule has 0 aliphatic carbocycles. The molecule has 2 unspecified atom stereocenters. The number of para-hydroxylation sites is 1. The third kappa shape index (κ3) is 3.23. The van der Waals surface area contributed by atoms with Gasteiger partial charge in [-0.05, 0) is 31.4 Å². The van der Waals surface area contributed by atoms with E-state index in [1.54, 1.807) is 0 Å². The zero-order chi connectivity index (χ0) is 14.7. The third-order valence-corrected chi connectivity index (χ3v) is 4.35. The Hall–Kier alpha value is -1.10. The van der Waals surface area contributed by atoms with Gasteiger partial charge in [-0.1, -0.05) is 25.1 Å². The van der Waals surface area contributed by atoms with E-state index in [1.165, 1.54) is 5.56 Å². The van der Waals surface area contributed by atoms with Crippen molar-refractivity contribution in [3.05, 3.63) is 29.3 Å². The van der Waals surface area contributed by atoms with Crippen molar-refractivity contribution in [3.63, 3.8) is 0 Å². The van der Waals surface area contributed by atoms with Crippen LogP contribution < -0.4 is 4.74 Å². The van der Waals surface area contributed by atoms with Crippen molar-refractivity contribution in [3.8, 4) is 5.75 Å². The van der Waals surface area contributed by atoms with Crippen LogP contribution in [-0.2, 0) is 11.2 Å². The Kier molecular flexibility index (Phi) is 4.78. The number of aliphatic hydroxyl groups is 1. The fraction of sp³-hybridized carbons (Fsp3) is 0.647. The summed E-state index contributed by atoms with van der Waals surface area (Å²) < 4.78 is 11.6. The molecule has 2 aliphatic heterocycles. The topological polar surface area (TPSA) is 41.9 Å². The molecule has 21 heavy (non-hydrogen) atoms. The fourth-order valence-electron chi connectivity index (χ4n) is 3.29. The summed E-state index contributed by atoms with van der Waals surface area (Å²) in [6.45, 7) is 6.43. The van der Waals surface area contributed by atoms with E-state index in [9.17, 15) is 5.11 Å². The van der Waals surface area contributed by atoms with E-state index < -0.39 is 6.10 Å². The van der Waals surface area contributed by atoms with Gasteiger partial charge in [-0.3, -0.25) is 4.90 Å². The van der Waals surface area contributed by atoms with E-state index in [0.29, 0.717) is 6.61 Å². The second kappa shape index (κ2) is 6.77. The molecule has 4 nitrogen and oxygen atoms in total. The number of nitrogens with zero attached hydrogens (tertiary/aromatic N) is 1. The van der Waals surface area contributed by atoms with Gasteiger partial charge in [0.2, 0.25) is 0 Å². The van der Waals surface area contributed by atoms with Crippen LogP contribution in [-0.4, -0.2) is 49.0 Å². The van der Waals surface area contributed by atoms with Crippen LogP contribution in [0.15, 0.2) is 18.2 Å². The largest absolute Gasteiger partial charge is 0.493 e. The summed E-state index contributed by atoms with van der Waals surface area (Å²) in [7, 11) is 0. The minimum atomic E-state index is -0.613. The van der Waals surface area contributed by atoms with Crippen molar-refractivity contribution in [2.75, 3.05) is 32.8 Å². The minimum Gasteiger partial charge on any atom is -0.493 e. The van der Waals surface area contributed by atoms with Gasteiger partial charge < -0.3 is 14.6 Å². The molecule has 3 rings (SSSR count). The summed E-state index contributed by atoms with van der Waals surface area (Å²) in [5.41, 5.74) is 2.09. The van der Waals surface area contributed by atoms with Gasteiger partial charge in [0.1, 0.15) is 18.0 Å². The second-order valence-corrected chi connectivity index (χ2v) is 5.94. The standard InChI is InChI=1S/C17H25NO3/c1-2-8-18-9-11-20-15(12-18)16(19)14-7-3-5-13-6-4-10-21-17(13)14/h3,5,7,15-16,19H,2,4,6,8-12H2,1H3. The molecule has 0 radical (unpaired) electrons. The van der Waals surface area contributed by atoms with Crippen molar-refractivity contribution in [2.24, 2.45) is 0 Å². The number of aryl methyl sites for hydroxylation is 1. The van der Waals surface area contributed by atoms with Gasteiger partial charge in [0.05, 0.1) is 13.2 Å². The fourth-order valence-corrected chi connectivity index (χ4v) is 3.29. The van der Waals surface area contributed by atoms with Gasteiger partial charge in [-0.15, -0.1) is 0 Å². The predicted molar refractivity (Wildman–Crippen MR) is 81.7 cm³/mol. The first-order valence-electron chi connectivity index (χ1n) is 8.06. The van der Waals surface area contributed by atoms with Gasteiger partial charge in [0.15, 0.2) is 0 Å². The quantitative estimate of drug-likeness (QED) is 0.923. The lowest BCUT2D eigenvalue weighted by atomic mass is 9.96. The molecule has 2 aliphatic rings. The van der Waals surface area contributed by atoms with E-state index in [1.807, 2.05) is 12.1 Å².